The van der Waals surface area contributed by atoms with Crippen LogP contribution in [-0.2, 0) is 12.8 Å². The second kappa shape index (κ2) is 5.70. The van der Waals surface area contributed by atoms with Crippen molar-refractivity contribution in [2.75, 3.05) is 6.54 Å². The Morgan fingerprint density at radius 3 is 2.78 bits per heavy atom. The third kappa shape index (κ3) is 3.12. The smallest absolute Gasteiger partial charge is 0.0931 e. The zero-order valence-electron chi connectivity index (χ0n) is 12.2. The van der Waals surface area contributed by atoms with Gasteiger partial charge in [-0.1, -0.05) is 27.7 Å². The lowest BCUT2D eigenvalue weighted by Gasteiger charge is -2.34. The zero-order chi connectivity index (χ0) is 13.2. The maximum Gasteiger partial charge on any atom is 0.0931 e. The Hall–Kier alpha value is -0.410. The molecule has 0 fully saturated rings. The quantitative estimate of drug-likeness (QED) is 0.867. The van der Waals surface area contributed by atoms with Crippen molar-refractivity contribution >= 4 is 11.3 Å². The molecule has 102 valence electrons. The predicted octanol–water partition coefficient (Wildman–Crippen LogP) is 4.11. The van der Waals surface area contributed by atoms with Crippen molar-refractivity contribution in [2.24, 2.45) is 5.41 Å². The molecule has 3 heteroatoms. The molecular formula is C15H26N2S. The fourth-order valence-corrected chi connectivity index (χ4v) is 4.05. The van der Waals surface area contributed by atoms with E-state index in [9.17, 15) is 0 Å². The van der Waals surface area contributed by atoms with Crippen molar-refractivity contribution < 1.29 is 0 Å². The summed E-state index contributed by atoms with van der Waals surface area (Å²) >= 11 is 1.95. The topological polar surface area (TPSA) is 24.9 Å². The number of fused-ring (bicyclic) bond motifs is 1. The van der Waals surface area contributed by atoms with Crippen LogP contribution in [0.4, 0.5) is 0 Å². The van der Waals surface area contributed by atoms with Gasteiger partial charge in [-0.15, -0.1) is 11.3 Å². The molecule has 1 unspecified atom stereocenters. The van der Waals surface area contributed by atoms with Gasteiger partial charge in [0.2, 0.25) is 0 Å². The van der Waals surface area contributed by atoms with Crippen molar-refractivity contribution in [3.8, 4) is 0 Å². The van der Waals surface area contributed by atoms with E-state index in [0.717, 1.165) is 19.4 Å². The van der Waals surface area contributed by atoms with Gasteiger partial charge in [0.25, 0.3) is 0 Å². The van der Waals surface area contributed by atoms with Gasteiger partial charge in [-0.25, -0.2) is 4.98 Å². The second-order valence-corrected chi connectivity index (χ2v) is 7.34. The van der Waals surface area contributed by atoms with Gasteiger partial charge in [-0.05, 0) is 44.1 Å². The van der Waals surface area contributed by atoms with Gasteiger partial charge in [0, 0.05) is 10.9 Å². The normalized spacial score (nSPS) is 21.9. The number of nitrogens with one attached hydrogen (secondary N) is 1. The lowest BCUT2D eigenvalue weighted by Crippen LogP contribution is -2.33. The molecule has 1 atom stereocenters. The van der Waals surface area contributed by atoms with Crippen LogP contribution in [0.15, 0.2) is 0 Å². The predicted molar refractivity (Wildman–Crippen MR) is 79.2 cm³/mol. The van der Waals surface area contributed by atoms with Gasteiger partial charge in [-0.3, -0.25) is 0 Å². The minimum atomic E-state index is 0.385. The van der Waals surface area contributed by atoms with Gasteiger partial charge in [0.05, 0.1) is 10.7 Å². The van der Waals surface area contributed by atoms with Crippen molar-refractivity contribution in [3.05, 3.63) is 15.6 Å². The van der Waals surface area contributed by atoms with Crippen LogP contribution in [-0.4, -0.2) is 11.5 Å². The summed E-state index contributed by atoms with van der Waals surface area (Å²) in [6, 6.07) is 0.534. The van der Waals surface area contributed by atoms with Gasteiger partial charge in [0.1, 0.15) is 0 Å². The standard InChI is InChI=1S/C15H26N2S/c1-5-7-13-17-12-10-15(3,4)9-11(14(12)18-13)16-8-6-2/h11,16H,5-10H2,1-4H3. The summed E-state index contributed by atoms with van der Waals surface area (Å²) in [6.07, 6.45) is 5.93. The van der Waals surface area contributed by atoms with Crippen LogP contribution in [0.2, 0.25) is 0 Å². The average Bonchev–Trinajstić information content (AvgIpc) is 2.67. The molecule has 0 saturated heterocycles. The monoisotopic (exact) mass is 266 g/mol. The van der Waals surface area contributed by atoms with Crippen LogP contribution in [0.25, 0.3) is 0 Å². The summed E-state index contributed by atoms with van der Waals surface area (Å²) in [7, 11) is 0. The highest BCUT2D eigenvalue weighted by atomic mass is 32.1. The van der Waals surface area contributed by atoms with Gasteiger partial charge in [-0.2, -0.15) is 0 Å². The molecule has 1 aromatic rings. The third-order valence-electron chi connectivity index (χ3n) is 3.60. The maximum atomic E-state index is 4.87. The van der Waals surface area contributed by atoms with E-state index in [2.05, 4.69) is 33.0 Å². The van der Waals surface area contributed by atoms with Crippen LogP contribution < -0.4 is 5.32 Å². The Balaban J connectivity index is 2.22. The molecule has 1 aromatic heterocycles. The fraction of sp³-hybridized carbons (Fsp3) is 0.800. The molecule has 2 nitrogen and oxygen atoms in total. The summed E-state index contributed by atoms with van der Waals surface area (Å²) in [5, 5.41) is 5.05. The largest absolute Gasteiger partial charge is 0.309 e. The Kier molecular flexibility index (Phi) is 4.44. The Labute approximate surface area is 115 Å². The molecule has 1 aliphatic rings. The van der Waals surface area contributed by atoms with Crippen LogP contribution in [0, 0.1) is 5.41 Å². The minimum absolute atomic E-state index is 0.385. The van der Waals surface area contributed by atoms with E-state index in [1.807, 2.05) is 11.3 Å². The first-order chi connectivity index (χ1) is 8.55. The SMILES string of the molecule is CCCNC1CC(C)(C)Cc2nc(CCC)sc21. The lowest BCUT2D eigenvalue weighted by atomic mass is 9.76. The van der Waals surface area contributed by atoms with E-state index in [0.29, 0.717) is 11.5 Å². The minimum Gasteiger partial charge on any atom is -0.309 e. The van der Waals surface area contributed by atoms with Crippen molar-refractivity contribution in [1.29, 1.82) is 0 Å². The van der Waals surface area contributed by atoms with E-state index >= 15 is 0 Å². The van der Waals surface area contributed by atoms with Crippen LogP contribution >= 0.6 is 11.3 Å². The first-order valence-electron chi connectivity index (χ1n) is 7.27. The molecule has 1 N–H and O–H groups in total. The maximum absolute atomic E-state index is 4.87. The first-order valence-corrected chi connectivity index (χ1v) is 8.09. The summed E-state index contributed by atoms with van der Waals surface area (Å²) in [5.74, 6) is 0. The molecule has 0 amide bonds. The molecule has 0 aliphatic heterocycles. The van der Waals surface area contributed by atoms with E-state index in [1.54, 1.807) is 0 Å². The number of hydrogen-bond donors (Lipinski definition) is 1. The lowest BCUT2D eigenvalue weighted by molar-refractivity contribution is 0.258. The second-order valence-electron chi connectivity index (χ2n) is 6.22. The molecule has 0 bridgehead atoms. The number of aromatic nitrogens is 1. The van der Waals surface area contributed by atoms with Crippen LogP contribution in [0.1, 0.15) is 68.6 Å². The Bertz CT molecular complexity index is 395. The molecule has 2 rings (SSSR count). The molecule has 0 aromatic carbocycles. The molecule has 0 spiro atoms. The van der Waals surface area contributed by atoms with Gasteiger partial charge >= 0.3 is 0 Å². The first kappa shape index (κ1) is 14.0. The Morgan fingerprint density at radius 2 is 2.11 bits per heavy atom. The number of rotatable bonds is 5. The number of aryl methyl sites for hydroxylation is 1. The fourth-order valence-electron chi connectivity index (χ4n) is 2.79. The van der Waals surface area contributed by atoms with Crippen molar-refractivity contribution in [1.82, 2.24) is 10.3 Å². The van der Waals surface area contributed by atoms with E-state index in [-0.39, 0.29) is 0 Å². The van der Waals surface area contributed by atoms with Crippen LogP contribution in [0.3, 0.4) is 0 Å². The molecule has 0 radical (unpaired) electrons. The van der Waals surface area contributed by atoms with Crippen LogP contribution in [0.5, 0.6) is 0 Å². The molecule has 1 heterocycles. The molecule has 0 saturated carbocycles. The van der Waals surface area contributed by atoms with Crippen molar-refractivity contribution in [3.63, 3.8) is 0 Å². The molecule has 1 aliphatic carbocycles. The summed E-state index contributed by atoms with van der Waals surface area (Å²) in [5.41, 5.74) is 1.75. The summed E-state index contributed by atoms with van der Waals surface area (Å²) in [4.78, 5) is 6.39. The zero-order valence-corrected chi connectivity index (χ0v) is 13.0. The molecule has 18 heavy (non-hydrogen) atoms. The average molecular weight is 266 g/mol. The van der Waals surface area contributed by atoms with Gasteiger partial charge in [0.15, 0.2) is 0 Å². The summed E-state index contributed by atoms with van der Waals surface area (Å²) in [6.45, 7) is 10.3. The van der Waals surface area contributed by atoms with Crippen molar-refractivity contribution in [2.45, 2.75) is 65.8 Å². The van der Waals surface area contributed by atoms with E-state index in [4.69, 9.17) is 4.98 Å². The highest BCUT2D eigenvalue weighted by molar-refractivity contribution is 7.11. The molecular weight excluding hydrogens is 240 g/mol. The van der Waals surface area contributed by atoms with E-state index < -0.39 is 0 Å². The number of hydrogen-bond acceptors (Lipinski definition) is 3. The number of thiazole rings is 1. The highest BCUT2D eigenvalue weighted by Crippen LogP contribution is 2.43. The Morgan fingerprint density at radius 1 is 1.33 bits per heavy atom. The van der Waals surface area contributed by atoms with Gasteiger partial charge < -0.3 is 5.32 Å². The highest BCUT2D eigenvalue weighted by Gasteiger charge is 2.34. The third-order valence-corrected chi connectivity index (χ3v) is 4.87. The van der Waals surface area contributed by atoms with E-state index in [1.165, 1.54) is 34.8 Å². The summed E-state index contributed by atoms with van der Waals surface area (Å²) < 4.78 is 0. The number of nitrogens with zero attached hydrogens (tertiary/aromatic N) is 1.